The second kappa shape index (κ2) is 5.94. The van der Waals surface area contributed by atoms with E-state index in [1.54, 1.807) is 14.0 Å². The zero-order chi connectivity index (χ0) is 14.8. The van der Waals surface area contributed by atoms with Crippen LogP contribution in [0.25, 0.3) is 0 Å². The number of carbonyl (C=O) groups is 1. The number of carbonyl (C=O) groups excluding carboxylic acids is 1. The Morgan fingerprint density at radius 2 is 2.20 bits per heavy atom. The number of nitrogens with one attached hydrogen (secondary N) is 1. The first-order valence-electron chi connectivity index (χ1n) is 7.07. The summed E-state index contributed by atoms with van der Waals surface area (Å²) in [5, 5.41) is 3.42. The molecule has 1 aliphatic rings. The van der Waals surface area contributed by atoms with E-state index < -0.39 is 0 Å². The number of nitrogens with zero attached hydrogens (tertiary/aromatic N) is 1. The van der Waals surface area contributed by atoms with Gasteiger partial charge in [-0.1, -0.05) is 0 Å². The zero-order valence-electron chi connectivity index (χ0n) is 12.8. The average molecular weight is 276 g/mol. The monoisotopic (exact) mass is 276 g/mol. The SMILES string of the molecule is COc1ccc(C(C)=O)cc1CN1CCNCC1(C)C. The lowest BCUT2D eigenvalue weighted by molar-refractivity contribution is 0.0818. The van der Waals surface area contributed by atoms with E-state index in [1.807, 2.05) is 18.2 Å². The van der Waals surface area contributed by atoms with Crippen LogP contribution in [0.1, 0.15) is 36.7 Å². The van der Waals surface area contributed by atoms with Crippen LogP contribution in [0.5, 0.6) is 5.75 Å². The maximum Gasteiger partial charge on any atom is 0.159 e. The van der Waals surface area contributed by atoms with E-state index in [0.29, 0.717) is 0 Å². The standard InChI is InChI=1S/C16H24N2O2/c1-12(19)13-5-6-15(20-4)14(9-13)10-18-8-7-17-11-16(18,2)3/h5-6,9,17H,7-8,10-11H2,1-4H3. The normalized spacial score (nSPS) is 18.8. The van der Waals surface area contributed by atoms with E-state index in [2.05, 4.69) is 24.1 Å². The summed E-state index contributed by atoms with van der Waals surface area (Å²) in [5.41, 5.74) is 1.93. The van der Waals surface area contributed by atoms with Crippen LogP contribution in [-0.2, 0) is 6.54 Å². The molecule has 0 aromatic heterocycles. The topological polar surface area (TPSA) is 41.6 Å². The minimum atomic E-state index is 0.0912. The Morgan fingerprint density at radius 1 is 1.45 bits per heavy atom. The van der Waals surface area contributed by atoms with Crippen LogP contribution < -0.4 is 10.1 Å². The second-order valence-electron chi connectivity index (χ2n) is 5.99. The van der Waals surface area contributed by atoms with Crippen LogP contribution in [0, 0.1) is 0 Å². The first-order valence-corrected chi connectivity index (χ1v) is 7.07. The molecule has 1 heterocycles. The van der Waals surface area contributed by atoms with E-state index >= 15 is 0 Å². The van der Waals surface area contributed by atoms with Crippen LogP contribution >= 0.6 is 0 Å². The third kappa shape index (κ3) is 3.19. The summed E-state index contributed by atoms with van der Waals surface area (Å²) in [5.74, 6) is 0.942. The summed E-state index contributed by atoms with van der Waals surface area (Å²) in [4.78, 5) is 14.0. The van der Waals surface area contributed by atoms with Crippen molar-refractivity contribution in [3.63, 3.8) is 0 Å². The molecule has 1 aliphatic heterocycles. The molecule has 0 amide bonds. The number of piperazine rings is 1. The molecule has 0 saturated carbocycles. The molecule has 1 fully saturated rings. The van der Waals surface area contributed by atoms with Gasteiger partial charge in [-0.3, -0.25) is 9.69 Å². The molecule has 4 heteroatoms. The smallest absolute Gasteiger partial charge is 0.159 e. The molecule has 0 radical (unpaired) electrons. The van der Waals surface area contributed by atoms with E-state index in [1.165, 1.54) is 0 Å². The van der Waals surface area contributed by atoms with Gasteiger partial charge in [-0.05, 0) is 39.0 Å². The summed E-state index contributed by atoms with van der Waals surface area (Å²) in [6.07, 6.45) is 0. The van der Waals surface area contributed by atoms with Crippen LogP contribution in [0.15, 0.2) is 18.2 Å². The third-order valence-corrected chi connectivity index (χ3v) is 4.02. The second-order valence-corrected chi connectivity index (χ2v) is 5.99. The van der Waals surface area contributed by atoms with Gasteiger partial charge >= 0.3 is 0 Å². The van der Waals surface area contributed by atoms with Crippen molar-refractivity contribution in [2.45, 2.75) is 32.9 Å². The maximum atomic E-state index is 11.6. The van der Waals surface area contributed by atoms with Crippen molar-refractivity contribution >= 4 is 5.78 Å². The predicted molar refractivity (Wildman–Crippen MR) is 80.4 cm³/mol. The molecule has 1 aromatic carbocycles. The fourth-order valence-corrected chi connectivity index (χ4v) is 2.64. The van der Waals surface area contributed by atoms with Gasteiger partial charge in [0.2, 0.25) is 0 Å². The molecule has 0 aliphatic carbocycles. The quantitative estimate of drug-likeness (QED) is 0.855. The number of methoxy groups -OCH3 is 1. The predicted octanol–water partition coefficient (Wildman–Crippen LogP) is 2.08. The minimum Gasteiger partial charge on any atom is -0.496 e. The van der Waals surface area contributed by atoms with Crippen molar-refractivity contribution in [2.24, 2.45) is 0 Å². The first kappa shape index (κ1) is 15.0. The molecule has 1 aromatic rings. The van der Waals surface area contributed by atoms with Crippen molar-refractivity contribution in [3.8, 4) is 5.75 Å². The Kier molecular flexibility index (Phi) is 4.45. The van der Waals surface area contributed by atoms with Crippen LogP contribution in [0.4, 0.5) is 0 Å². The van der Waals surface area contributed by atoms with Gasteiger partial charge in [-0.2, -0.15) is 0 Å². The molecule has 4 nitrogen and oxygen atoms in total. The fourth-order valence-electron chi connectivity index (χ4n) is 2.64. The van der Waals surface area contributed by atoms with Crippen molar-refractivity contribution in [3.05, 3.63) is 29.3 Å². The summed E-state index contributed by atoms with van der Waals surface area (Å²) < 4.78 is 5.44. The molecule has 0 unspecified atom stereocenters. The van der Waals surface area contributed by atoms with E-state index in [9.17, 15) is 4.79 Å². The third-order valence-electron chi connectivity index (χ3n) is 4.02. The Bertz CT molecular complexity index is 497. The van der Waals surface area contributed by atoms with Gasteiger partial charge in [-0.25, -0.2) is 0 Å². The molecule has 20 heavy (non-hydrogen) atoms. The minimum absolute atomic E-state index is 0.0912. The summed E-state index contributed by atoms with van der Waals surface area (Å²) in [6, 6.07) is 5.67. The number of rotatable bonds is 4. The van der Waals surface area contributed by atoms with Crippen LogP contribution in [0.2, 0.25) is 0 Å². The highest BCUT2D eigenvalue weighted by atomic mass is 16.5. The molecule has 2 rings (SSSR count). The maximum absolute atomic E-state index is 11.6. The van der Waals surface area contributed by atoms with Crippen LogP contribution in [0.3, 0.4) is 0 Å². The van der Waals surface area contributed by atoms with Gasteiger partial charge in [0.25, 0.3) is 0 Å². The largest absolute Gasteiger partial charge is 0.496 e. The van der Waals surface area contributed by atoms with E-state index in [4.69, 9.17) is 4.74 Å². The van der Waals surface area contributed by atoms with Gasteiger partial charge in [0, 0.05) is 42.8 Å². The van der Waals surface area contributed by atoms with Crippen molar-refractivity contribution in [1.29, 1.82) is 0 Å². The summed E-state index contributed by atoms with van der Waals surface area (Å²) in [7, 11) is 1.68. The van der Waals surface area contributed by atoms with Gasteiger partial charge in [0.1, 0.15) is 5.75 Å². The lowest BCUT2D eigenvalue weighted by Gasteiger charge is -2.43. The van der Waals surface area contributed by atoms with Crippen LogP contribution in [-0.4, -0.2) is 43.0 Å². The van der Waals surface area contributed by atoms with Crippen molar-refractivity contribution < 1.29 is 9.53 Å². The molecule has 1 saturated heterocycles. The van der Waals surface area contributed by atoms with Crippen molar-refractivity contribution in [1.82, 2.24) is 10.2 Å². The Hall–Kier alpha value is -1.39. The number of ketones is 1. The van der Waals surface area contributed by atoms with Gasteiger partial charge < -0.3 is 10.1 Å². The first-order chi connectivity index (χ1) is 9.44. The van der Waals surface area contributed by atoms with Crippen molar-refractivity contribution in [2.75, 3.05) is 26.7 Å². The Labute approximate surface area is 121 Å². The number of hydrogen-bond donors (Lipinski definition) is 1. The number of benzene rings is 1. The van der Waals surface area contributed by atoms with Gasteiger partial charge in [0.15, 0.2) is 5.78 Å². The average Bonchev–Trinajstić information content (AvgIpc) is 2.41. The van der Waals surface area contributed by atoms with E-state index in [0.717, 1.165) is 43.1 Å². The fraction of sp³-hybridized carbons (Fsp3) is 0.562. The molecule has 110 valence electrons. The lowest BCUT2D eigenvalue weighted by atomic mass is 9.98. The Morgan fingerprint density at radius 3 is 2.80 bits per heavy atom. The summed E-state index contributed by atoms with van der Waals surface area (Å²) in [6.45, 7) is 9.85. The van der Waals surface area contributed by atoms with Gasteiger partial charge in [-0.15, -0.1) is 0 Å². The number of hydrogen-bond acceptors (Lipinski definition) is 4. The molecule has 0 atom stereocenters. The lowest BCUT2D eigenvalue weighted by Crippen LogP contribution is -2.57. The molecule has 0 spiro atoms. The molecular weight excluding hydrogens is 252 g/mol. The highest BCUT2D eigenvalue weighted by Crippen LogP contribution is 2.26. The number of ether oxygens (including phenoxy) is 1. The molecular formula is C16H24N2O2. The highest BCUT2D eigenvalue weighted by Gasteiger charge is 2.30. The molecule has 0 bridgehead atoms. The highest BCUT2D eigenvalue weighted by molar-refractivity contribution is 5.94. The summed E-state index contributed by atoms with van der Waals surface area (Å²) >= 11 is 0. The Balaban J connectivity index is 2.26. The zero-order valence-corrected chi connectivity index (χ0v) is 12.8. The van der Waals surface area contributed by atoms with Gasteiger partial charge in [0.05, 0.1) is 7.11 Å². The van der Waals surface area contributed by atoms with E-state index in [-0.39, 0.29) is 11.3 Å². The molecule has 1 N–H and O–H groups in total. The number of Topliss-reactive ketones (excluding diaryl/α,β-unsaturated/α-hetero) is 1.